The Bertz CT molecular complexity index is 1600. The van der Waals surface area contributed by atoms with Crippen LogP contribution in [0.1, 0.15) is 36.7 Å². The third-order valence-corrected chi connectivity index (χ3v) is 7.72. The van der Waals surface area contributed by atoms with Gasteiger partial charge in [-0.25, -0.2) is 13.1 Å². The molecule has 4 N–H and O–H groups in total. The third kappa shape index (κ3) is 7.01. The van der Waals surface area contributed by atoms with Gasteiger partial charge < -0.3 is 15.7 Å². The second-order valence-corrected chi connectivity index (χ2v) is 11.9. The van der Waals surface area contributed by atoms with Gasteiger partial charge in [0, 0.05) is 34.0 Å². The van der Waals surface area contributed by atoms with Crippen LogP contribution >= 0.6 is 0 Å². The first-order valence-electron chi connectivity index (χ1n) is 12.4. The van der Waals surface area contributed by atoms with Crippen LogP contribution in [0.25, 0.3) is 10.8 Å². The standard InChI is InChI=1S/C30H31N3O5S/c1-30(2,3)33-39(37,38)27-14-8-11-23-24(27)12-7-13-25(23)31-29(36)26(19-20-15-17-22(34)18-16-20)32-28(35)21-9-5-4-6-10-21/h4-18,26,33-34H,19H2,1-3H3,(H,31,36)(H,32,35)/t26-/m0/s1. The van der Waals surface area contributed by atoms with Crippen molar-refractivity contribution in [2.24, 2.45) is 0 Å². The monoisotopic (exact) mass is 545 g/mol. The molecule has 0 aliphatic heterocycles. The highest BCUT2D eigenvalue weighted by atomic mass is 32.2. The number of sulfonamides is 1. The van der Waals surface area contributed by atoms with Gasteiger partial charge in [-0.15, -0.1) is 0 Å². The van der Waals surface area contributed by atoms with Crippen molar-refractivity contribution >= 4 is 38.3 Å². The third-order valence-electron chi connectivity index (χ3n) is 5.90. The Kier molecular flexibility index (Phi) is 8.03. The van der Waals surface area contributed by atoms with Gasteiger partial charge in [0.25, 0.3) is 5.91 Å². The SMILES string of the molecule is CC(C)(C)NS(=O)(=O)c1cccc2c(NC(=O)[C@H](Cc3ccc(O)cc3)NC(=O)c3ccccc3)cccc12. The van der Waals surface area contributed by atoms with E-state index in [4.69, 9.17) is 0 Å². The van der Waals surface area contributed by atoms with Crippen LogP contribution in [0.5, 0.6) is 5.75 Å². The predicted molar refractivity (Wildman–Crippen MR) is 152 cm³/mol. The molecule has 2 amide bonds. The molecule has 4 rings (SSSR count). The number of hydrogen-bond acceptors (Lipinski definition) is 5. The second-order valence-electron chi connectivity index (χ2n) is 10.3. The first-order valence-corrected chi connectivity index (χ1v) is 13.9. The van der Waals surface area contributed by atoms with E-state index in [1.165, 1.54) is 18.2 Å². The molecule has 0 aromatic heterocycles. The molecule has 0 bridgehead atoms. The second kappa shape index (κ2) is 11.3. The van der Waals surface area contributed by atoms with Crippen LogP contribution in [-0.4, -0.2) is 36.9 Å². The summed E-state index contributed by atoms with van der Waals surface area (Å²) in [4.78, 5) is 26.6. The molecule has 0 saturated heterocycles. The minimum atomic E-state index is -3.84. The lowest BCUT2D eigenvalue weighted by Gasteiger charge is -2.22. The van der Waals surface area contributed by atoms with Crippen LogP contribution in [0, 0.1) is 0 Å². The number of hydrogen-bond donors (Lipinski definition) is 4. The molecule has 202 valence electrons. The van der Waals surface area contributed by atoms with Gasteiger partial charge in [-0.05, 0) is 62.7 Å². The van der Waals surface area contributed by atoms with Crippen molar-refractivity contribution in [1.82, 2.24) is 10.0 Å². The number of carbonyl (C=O) groups excluding carboxylic acids is 2. The molecule has 0 radical (unpaired) electrons. The van der Waals surface area contributed by atoms with Gasteiger partial charge in [0.05, 0.1) is 4.90 Å². The van der Waals surface area contributed by atoms with Gasteiger partial charge in [0.1, 0.15) is 11.8 Å². The summed E-state index contributed by atoms with van der Waals surface area (Å²) in [7, 11) is -3.84. The number of rotatable bonds is 8. The van der Waals surface area contributed by atoms with Crippen molar-refractivity contribution in [1.29, 1.82) is 0 Å². The van der Waals surface area contributed by atoms with E-state index in [1.54, 1.807) is 93.6 Å². The number of fused-ring (bicyclic) bond motifs is 1. The van der Waals surface area contributed by atoms with E-state index < -0.39 is 33.4 Å². The number of anilines is 1. The summed E-state index contributed by atoms with van der Waals surface area (Å²) in [6.07, 6.45) is 0.171. The fourth-order valence-corrected chi connectivity index (χ4v) is 5.85. The maximum Gasteiger partial charge on any atom is 0.251 e. The smallest absolute Gasteiger partial charge is 0.251 e. The molecular weight excluding hydrogens is 514 g/mol. The zero-order valence-corrected chi connectivity index (χ0v) is 22.7. The van der Waals surface area contributed by atoms with Gasteiger partial charge in [-0.1, -0.05) is 54.6 Å². The van der Waals surface area contributed by atoms with Crippen molar-refractivity contribution in [2.75, 3.05) is 5.32 Å². The fourth-order valence-electron chi connectivity index (χ4n) is 4.21. The summed E-state index contributed by atoms with van der Waals surface area (Å²) in [5, 5.41) is 16.3. The topological polar surface area (TPSA) is 125 Å². The number of carbonyl (C=O) groups is 2. The summed E-state index contributed by atoms with van der Waals surface area (Å²) >= 11 is 0. The first-order chi connectivity index (χ1) is 18.4. The molecule has 39 heavy (non-hydrogen) atoms. The normalized spacial score (nSPS) is 12.6. The highest BCUT2D eigenvalue weighted by Gasteiger charge is 2.26. The zero-order chi connectivity index (χ0) is 28.2. The van der Waals surface area contributed by atoms with E-state index in [0.717, 1.165) is 5.56 Å². The number of aromatic hydroxyl groups is 1. The average molecular weight is 546 g/mol. The summed E-state index contributed by atoms with van der Waals surface area (Å²) < 4.78 is 28.9. The molecule has 0 spiro atoms. The maximum absolute atomic E-state index is 13.6. The highest BCUT2D eigenvalue weighted by Crippen LogP contribution is 2.29. The average Bonchev–Trinajstić information content (AvgIpc) is 2.88. The Morgan fingerprint density at radius 3 is 2.13 bits per heavy atom. The molecule has 0 heterocycles. The number of benzene rings is 4. The molecule has 8 nitrogen and oxygen atoms in total. The van der Waals surface area contributed by atoms with Crippen molar-refractivity contribution in [3.05, 3.63) is 102 Å². The quantitative estimate of drug-likeness (QED) is 0.258. The Hall–Kier alpha value is -4.21. The molecule has 0 saturated carbocycles. The largest absolute Gasteiger partial charge is 0.508 e. The van der Waals surface area contributed by atoms with Crippen LogP contribution in [-0.2, 0) is 21.2 Å². The number of nitrogens with one attached hydrogen (secondary N) is 3. The predicted octanol–water partition coefficient (Wildman–Crippen LogP) is 4.60. The lowest BCUT2D eigenvalue weighted by molar-refractivity contribution is -0.118. The van der Waals surface area contributed by atoms with Crippen molar-refractivity contribution in [3.63, 3.8) is 0 Å². The molecule has 9 heteroatoms. The van der Waals surface area contributed by atoms with E-state index in [0.29, 0.717) is 22.0 Å². The Balaban J connectivity index is 1.66. The molecule has 0 aliphatic rings. The van der Waals surface area contributed by atoms with Crippen LogP contribution < -0.4 is 15.4 Å². The van der Waals surface area contributed by atoms with E-state index >= 15 is 0 Å². The summed E-state index contributed by atoms with van der Waals surface area (Å²) in [6.45, 7) is 5.29. The van der Waals surface area contributed by atoms with Crippen LogP contribution in [0.15, 0.2) is 95.9 Å². The van der Waals surface area contributed by atoms with E-state index in [-0.39, 0.29) is 17.1 Å². The van der Waals surface area contributed by atoms with Gasteiger partial charge >= 0.3 is 0 Å². The van der Waals surface area contributed by atoms with Crippen molar-refractivity contribution in [3.8, 4) is 5.75 Å². The molecule has 4 aromatic carbocycles. The van der Waals surface area contributed by atoms with Gasteiger partial charge in [-0.2, -0.15) is 0 Å². The lowest BCUT2D eigenvalue weighted by atomic mass is 10.0. The summed E-state index contributed by atoms with van der Waals surface area (Å²) in [5.74, 6) is -0.787. The highest BCUT2D eigenvalue weighted by molar-refractivity contribution is 7.89. The Labute approximate surface area is 228 Å². The number of amides is 2. The number of phenols is 1. The minimum absolute atomic E-state index is 0.0931. The Morgan fingerprint density at radius 1 is 0.821 bits per heavy atom. The van der Waals surface area contributed by atoms with Gasteiger partial charge in [-0.3, -0.25) is 9.59 Å². The molecule has 0 unspecified atom stereocenters. The Morgan fingerprint density at radius 2 is 1.46 bits per heavy atom. The van der Waals surface area contributed by atoms with Crippen LogP contribution in [0.4, 0.5) is 5.69 Å². The minimum Gasteiger partial charge on any atom is -0.508 e. The lowest BCUT2D eigenvalue weighted by Crippen LogP contribution is -2.45. The molecule has 0 aliphatic carbocycles. The summed E-state index contributed by atoms with van der Waals surface area (Å²) in [6, 6.07) is 24.0. The van der Waals surface area contributed by atoms with Crippen molar-refractivity contribution in [2.45, 2.75) is 43.7 Å². The molecule has 4 aromatic rings. The maximum atomic E-state index is 13.6. The van der Waals surface area contributed by atoms with Crippen LogP contribution in [0.3, 0.4) is 0 Å². The van der Waals surface area contributed by atoms with E-state index in [2.05, 4.69) is 15.4 Å². The van der Waals surface area contributed by atoms with Crippen LogP contribution in [0.2, 0.25) is 0 Å². The van der Waals surface area contributed by atoms with Gasteiger partial charge in [0.2, 0.25) is 15.9 Å². The molecule has 1 atom stereocenters. The van der Waals surface area contributed by atoms with Crippen molar-refractivity contribution < 1.29 is 23.1 Å². The zero-order valence-electron chi connectivity index (χ0n) is 21.9. The van der Waals surface area contributed by atoms with E-state index in [1.807, 2.05) is 0 Å². The number of phenolic OH excluding ortho intramolecular Hbond substituents is 1. The first kappa shape index (κ1) is 27.8. The van der Waals surface area contributed by atoms with Gasteiger partial charge in [0.15, 0.2) is 0 Å². The fraction of sp³-hybridized carbons (Fsp3) is 0.200. The molecule has 0 fully saturated rings. The van der Waals surface area contributed by atoms with E-state index in [9.17, 15) is 23.1 Å². The molecular formula is C30H31N3O5S. The summed E-state index contributed by atoms with van der Waals surface area (Å²) in [5.41, 5.74) is 0.883.